The molecule has 3 rings (SSSR count). The normalized spacial score (nSPS) is 11.5. The van der Waals surface area contributed by atoms with Gasteiger partial charge in [0.15, 0.2) is 0 Å². The molecule has 1 amide bonds. The predicted molar refractivity (Wildman–Crippen MR) is 116 cm³/mol. The van der Waals surface area contributed by atoms with Crippen molar-refractivity contribution in [3.63, 3.8) is 0 Å². The Labute approximate surface area is 188 Å². The number of hydrogen-bond acceptors (Lipinski definition) is 5. The van der Waals surface area contributed by atoms with Crippen LogP contribution in [0.3, 0.4) is 0 Å². The number of hydrogen-bond donors (Lipinski definition) is 1. The zero-order valence-corrected chi connectivity index (χ0v) is 18.3. The van der Waals surface area contributed by atoms with Gasteiger partial charge in [0, 0.05) is 18.3 Å². The first-order valence-corrected chi connectivity index (χ1v) is 10.8. The summed E-state index contributed by atoms with van der Waals surface area (Å²) in [6, 6.07) is 16.4. The number of carbonyl (C=O) groups is 1. The predicted octanol–water partition coefficient (Wildman–Crippen LogP) is 4.67. The quantitative estimate of drug-likeness (QED) is 0.531. The SMILES string of the molecule is COc1ccc(S(=O)(=O)N(C)c2ccc(C(=O)Nc3ccc(OC(F)(F)F)cc3)cc2)cc1. The molecule has 0 radical (unpaired) electrons. The first-order valence-electron chi connectivity index (χ1n) is 9.40. The highest BCUT2D eigenvalue weighted by molar-refractivity contribution is 7.92. The number of nitrogens with one attached hydrogen (secondary N) is 1. The molecule has 0 atom stereocenters. The van der Waals surface area contributed by atoms with E-state index in [9.17, 15) is 26.4 Å². The van der Waals surface area contributed by atoms with Crippen LogP contribution >= 0.6 is 0 Å². The molecule has 0 aliphatic carbocycles. The van der Waals surface area contributed by atoms with Crippen molar-refractivity contribution < 1.29 is 35.9 Å². The molecule has 0 heterocycles. The summed E-state index contributed by atoms with van der Waals surface area (Å²) in [5.74, 6) is -0.410. The Morgan fingerprint density at radius 1 is 0.879 bits per heavy atom. The van der Waals surface area contributed by atoms with E-state index in [2.05, 4.69) is 10.1 Å². The minimum absolute atomic E-state index is 0.0746. The Kier molecular flexibility index (Phi) is 6.82. The number of halogens is 3. The third kappa shape index (κ3) is 5.95. The number of ether oxygens (including phenoxy) is 2. The van der Waals surface area contributed by atoms with Gasteiger partial charge in [-0.15, -0.1) is 13.2 Å². The van der Waals surface area contributed by atoms with E-state index < -0.39 is 28.0 Å². The van der Waals surface area contributed by atoms with Crippen molar-refractivity contribution in [2.45, 2.75) is 11.3 Å². The molecule has 0 aliphatic rings. The standard InChI is InChI=1S/C22H19F3N2O5S/c1-27(33(29,30)20-13-11-18(31-2)12-14-20)17-7-3-15(4-8-17)21(28)26-16-5-9-19(10-6-16)32-22(23,24)25/h3-14H,1-2H3,(H,26,28). The summed E-state index contributed by atoms with van der Waals surface area (Å²) in [6.07, 6.45) is -4.81. The lowest BCUT2D eigenvalue weighted by molar-refractivity contribution is -0.274. The van der Waals surface area contributed by atoms with Crippen LogP contribution in [-0.4, -0.2) is 34.8 Å². The zero-order chi connectivity index (χ0) is 24.2. The van der Waals surface area contributed by atoms with Crippen molar-refractivity contribution in [2.24, 2.45) is 0 Å². The summed E-state index contributed by atoms with van der Waals surface area (Å²) in [4.78, 5) is 12.5. The second-order valence-electron chi connectivity index (χ2n) is 6.72. The molecule has 0 unspecified atom stereocenters. The Morgan fingerprint density at radius 2 is 1.42 bits per heavy atom. The van der Waals surface area contributed by atoms with Gasteiger partial charge in [0.25, 0.3) is 15.9 Å². The summed E-state index contributed by atoms with van der Waals surface area (Å²) in [6.45, 7) is 0. The Hall–Kier alpha value is -3.73. The number of carbonyl (C=O) groups excluding carboxylic acids is 1. The van der Waals surface area contributed by atoms with Gasteiger partial charge in [-0.3, -0.25) is 9.10 Å². The second-order valence-corrected chi connectivity index (χ2v) is 8.69. The molecule has 0 fully saturated rings. The van der Waals surface area contributed by atoms with Crippen LogP contribution in [0.5, 0.6) is 11.5 Å². The van der Waals surface area contributed by atoms with Crippen molar-refractivity contribution >= 4 is 27.3 Å². The van der Waals surface area contributed by atoms with Gasteiger partial charge < -0.3 is 14.8 Å². The van der Waals surface area contributed by atoms with Gasteiger partial charge in [-0.25, -0.2) is 8.42 Å². The number of sulfonamides is 1. The molecule has 1 N–H and O–H groups in total. The molecule has 33 heavy (non-hydrogen) atoms. The molecule has 0 spiro atoms. The number of nitrogens with zero attached hydrogens (tertiary/aromatic N) is 1. The maximum Gasteiger partial charge on any atom is 0.573 e. The van der Waals surface area contributed by atoms with E-state index in [1.54, 1.807) is 0 Å². The molecule has 0 aliphatic heterocycles. The van der Waals surface area contributed by atoms with Gasteiger partial charge in [-0.1, -0.05) is 0 Å². The van der Waals surface area contributed by atoms with E-state index in [1.165, 1.54) is 74.8 Å². The minimum atomic E-state index is -4.81. The largest absolute Gasteiger partial charge is 0.573 e. The maximum atomic E-state index is 12.8. The molecular formula is C22H19F3N2O5S. The fourth-order valence-corrected chi connectivity index (χ4v) is 4.01. The molecule has 11 heteroatoms. The smallest absolute Gasteiger partial charge is 0.497 e. The number of benzene rings is 3. The van der Waals surface area contributed by atoms with E-state index in [1.807, 2.05) is 0 Å². The number of methoxy groups -OCH3 is 1. The number of anilines is 2. The third-order valence-corrected chi connectivity index (χ3v) is 6.36. The summed E-state index contributed by atoms with van der Waals surface area (Å²) >= 11 is 0. The topological polar surface area (TPSA) is 84.9 Å². The second kappa shape index (κ2) is 9.41. The Morgan fingerprint density at radius 3 is 1.94 bits per heavy atom. The summed E-state index contributed by atoms with van der Waals surface area (Å²) in [5.41, 5.74) is 0.818. The molecule has 0 saturated heterocycles. The molecule has 7 nitrogen and oxygen atoms in total. The van der Waals surface area contributed by atoms with Crippen LogP contribution in [0.2, 0.25) is 0 Å². The fourth-order valence-electron chi connectivity index (χ4n) is 2.81. The number of amides is 1. The Bertz CT molecular complexity index is 1210. The van der Waals surface area contributed by atoms with Crippen LogP contribution in [0.4, 0.5) is 24.5 Å². The van der Waals surface area contributed by atoms with Gasteiger partial charge in [-0.2, -0.15) is 0 Å². The molecular weight excluding hydrogens is 461 g/mol. The van der Waals surface area contributed by atoms with Crippen molar-refractivity contribution in [3.05, 3.63) is 78.4 Å². The lowest BCUT2D eigenvalue weighted by Gasteiger charge is -2.20. The van der Waals surface area contributed by atoms with Crippen LogP contribution in [0.15, 0.2) is 77.7 Å². The van der Waals surface area contributed by atoms with E-state index in [-0.39, 0.29) is 16.1 Å². The molecule has 3 aromatic rings. The lowest BCUT2D eigenvalue weighted by atomic mass is 10.2. The van der Waals surface area contributed by atoms with Crippen molar-refractivity contribution in [3.8, 4) is 11.5 Å². The van der Waals surface area contributed by atoms with Crippen LogP contribution in [0.25, 0.3) is 0 Å². The van der Waals surface area contributed by atoms with E-state index >= 15 is 0 Å². The minimum Gasteiger partial charge on any atom is -0.497 e. The van der Waals surface area contributed by atoms with Crippen LogP contribution in [0.1, 0.15) is 10.4 Å². The molecule has 0 bridgehead atoms. The van der Waals surface area contributed by atoms with Gasteiger partial charge >= 0.3 is 6.36 Å². The average molecular weight is 480 g/mol. The van der Waals surface area contributed by atoms with E-state index in [0.717, 1.165) is 16.4 Å². The third-order valence-electron chi connectivity index (χ3n) is 4.56. The van der Waals surface area contributed by atoms with Crippen molar-refractivity contribution in [1.29, 1.82) is 0 Å². The monoisotopic (exact) mass is 480 g/mol. The fraction of sp³-hybridized carbons (Fsp3) is 0.136. The van der Waals surface area contributed by atoms with Gasteiger partial charge in [0.05, 0.1) is 17.7 Å². The molecule has 174 valence electrons. The molecule has 3 aromatic carbocycles. The first kappa shape index (κ1) is 23.9. The van der Waals surface area contributed by atoms with Gasteiger partial charge in [0.1, 0.15) is 11.5 Å². The molecule has 0 aromatic heterocycles. The molecule has 0 saturated carbocycles. The zero-order valence-electron chi connectivity index (χ0n) is 17.5. The first-order chi connectivity index (χ1) is 15.5. The van der Waals surface area contributed by atoms with Crippen molar-refractivity contribution in [2.75, 3.05) is 23.8 Å². The van der Waals surface area contributed by atoms with Gasteiger partial charge in [-0.05, 0) is 72.8 Å². The van der Waals surface area contributed by atoms with E-state index in [0.29, 0.717) is 11.4 Å². The lowest BCUT2D eigenvalue weighted by Crippen LogP contribution is -2.26. The van der Waals surface area contributed by atoms with Crippen LogP contribution < -0.4 is 19.1 Å². The number of rotatable bonds is 7. The summed E-state index contributed by atoms with van der Waals surface area (Å²) < 4.78 is 72.2. The number of alkyl halides is 3. The van der Waals surface area contributed by atoms with Crippen LogP contribution in [-0.2, 0) is 10.0 Å². The van der Waals surface area contributed by atoms with E-state index in [4.69, 9.17) is 4.74 Å². The maximum absolute atomic E-state index is 12.8. The highest BCUT2D eigenvalue weighted by Crippen LogP contribution is 2.26. The van der Waals surface area contributed by atoms with Gasteiger partial charge in [0.2, 0.25) is 0 Å². The van der Waals surface area contributed by atoms with Crippen molar-refractivity contribution in [1.82, 2.24) is 0 Å². The summed E-state index contributed by atoms with van der Waals surface area (Å²) in [7, 11) is -0.966. The highest BCUT2D eigenvalue weighted by atomic mass is 32.2. The summed E-state index contributed by atoms with van der Waals surface area (Å²) in [5, 5.41) is 2.54. The highest BCUT2D eigenvalue weighted by Gasteiger charge is 2.31. The van der Waals surface area contributed by atoms with Crippen LogP contribution in [0, 0.1) is 0 Å². The Balaban J connectivity index is 1.69. The average Bonchev–Trinajstić information content (AvgIpc) is 2.79.